The predicted octanol–water partition coefficient (Wildman–Crippen LogP) is 1.41. The third-order valence-corrected chi connectivity index (χ3v) is 5.60. The Kier molecular flexibility index (Phi) is 4.17. The lowest BCUT2D eigenvalue weighted by Crippen LogP contribution is -2.48. The van der Waals surface area contributed by atoms with Crippen LogP contribution in [0.3, 0.4) is 0 Å². The highest BCUT2D eigenvalue weighted by Crippen LogP contribution is 2.58. The fraction of sp³-hybridized carbons (Fsp3) is 0.750. The lowest BCUT2D eigenvalue weighted by Gasteiger charge is -2.32. The highest BCUT2D eigenvalue weighted by Gasteiger charge is 2.53. The van der Waals surface area contributed by atoms with Crippen molar-refractivity contribution >= 4 is 11.9 Å². The van der Waals surface area contributed by atoms with Gasteiger partial charge in [-0.15, -0.1) is 6.58 Å². The van der Waals surface area contributed by atoms with Gasteiger partial charge in [-0.3, -0.25) is 4.79 Å². The molecule has 3 amide bonds. The minimum Gasteiger partial charge on any atom is -0.351 e. The first kappa shape index (κ1) is 14.4. The Labute approximate surface area is 125 Å². The molecule has 0 heterocycles. The average molecular weight is 291 g/mol. The van der Waals surface area contributed by atoms with E-state index < -0.39 is 0 Å². The lowest BCUT2D eigenvalue weighted by molar-refractivity contribution is -0.119. The van der Waals surface area contributed by atoms with Crippen molar-refractivity contribution < 1.29 is 9.59 Å². The van der Waals surface area contributed by atoms with E-state index in [1.54, 1.807) is 6.08 Å². The molecule has 0 aliphatic heterocycles. The molecule has 3 saturated carbocycles. The van der Waals surface area contributed by atoms with Crippen molar-refractivity contribution in [3.63, 3.8) is 0 Å². The molecule has 3 N–H and O–H groups in total. The Bertz CT molecular complexity index is 437. The number of carbonyl (C=O) groups is 2. The maximum atomic E-state index is 11.9. The van der Waals surface area contributed by atoms with Gasteiger partial charge in [0.05, 0.1) is 6.54 Å². The summed E-state index contributed by atoms with van der Waals surface area (Å²) in [7, 11) is 0. The summed E-state index contributed by atoms with van der Waals surface area (Å²) < 4.78 is 0. The smallest absolute Gasteiger partial charge is 0.315 e. The average Bonchev–Trinajstić information content (AvgIpc) is 3.14. The first-order valence-corrected chi connectivity index (χ1v) is 8.11. The SMILES string of the molecule is C=CCNC(=O)CNC(=O)N[C@@H]1C[C@H]2C[C@H]1[C@@H]1CCC[C@H]21. The quantitative estimate of drug-likeness (QED) is 0.670. The number of hydrogen-bond acceptors (Lipinski definition) is 2. The van der Waals surface area contributed by atoms with E-state index in [9.17, 15) is 9.59 Å². The van der Waals surface area contributed by atoms with Crippen molar-refractivity contribution in [1.29, 1.82) is 0 Å². The van der Waals surface area contributed by atoms with E-state index in [4.69, 9.17) is 0 Å². The molecule has 0 spiro atoms. The summed E-state index contributed by atoms with van der Waals surface area (Å²) in [4.78, 5) is 23.3. The van der Waals surface area contributed by atoms with E-state index in [-0.39, 0.29) is 18.5 Å². The molecule has 2 bridgehead atoms. The molecule has 0 saturated heterocycles. The van der Waals surface area contributed by atoms with Crippen LogP contribution in [0.5, 0.6) is 0 Å². The van der Waals surface area contributed by atoms with Crippen molar-refractivity contribution in [2.45, 2.75) is 38.1 Å². The highest BCUT2D eigenvalue weighted by molar-refractivity contribution is 5.84. The van der Waals surface area contributed by atoms with Gasteiger partial charge >= 0.3 is 6.03 Å². The van der Waals surface area contributed by atoms with Gasteiger partial charge in [-0.2, -0.15) is 0 Å². The third kappa shape index (κ3) is 2.92. The molecule has 0 unspecified atom stereocenters. The monoisotopic (exact) mass is 291 g/mol. The lowest BCUT2D eigenvalue weighted by atomic mass is 9.79. The fourth-order valence-electron chi connectivity index (χ4n) is 4.86. The Morgan fingerprint density at radius 2 is 1.90 bits per heavy atom. The molecule has 116 valence electrons. The normalized spacial score (nSPS) is 36.1. The Morgan fingerprint density at radius 3 is 2.71 bits per heavy atom. The number of carbonyl (C=O) groups excluding carboxylic acids is 2. The zero-order valence-corrected chi connectivity index (χ0v) is 12.4. The van der Waals surface area contributed by atoms with E-state index in [1.807, 2.05) is 0 Å². The Balaban J connectivity index is 1.42. The Hall–Kier alpha value is -1.52. The molecule has 5 heteroatoms. The Morgan fingerprint density at radius 1 is 1.10 bits per heavy atom. The predicted molar refractivity (Wildman–Crippen MR) is 80.6 cm³/mol. The van der Waals surface area contributed by atoms with Crippen LogP contribution >= 0.6 is 0 Å². The first-order chi connectivity index (χ1) is 10.2. The second-order valence-electron chi connectivity index (χ2n) is 6.68. The molecule has 5 atom stereocenters. The van der Waals surface area contributed by atoms with Crippen molar-refractivity contribution in [3.05, 3.63) is 12.7 Å². The summed E-state index contributed by atoms with van der Waals surface area (Å²) in [6.45, 7) is 3.98. The zero-order valence-electron chi connectivity index (χ0n) is 12.4. The van der Waals surface area contributed by atoms with Crippen LogP contribution in [0.1, 0.15) is 32.1 Å². The molecular weight excluding hydrogens is 266 g/mol. The van der Waals surface area contributed by atoms with Gasteiger partial charge in [0.2, 0.25) is 5.91 Å². The maximum absolute atomic E-state index is 11.9. The number of amides is 3. The number of rotatable bonds is 5. The molecule has 21 heavy (non-hydrogen) atoms. The maximum Gasteiger partial charge on any atom is 0.315 e. The number of urea groups is 1. The molecule has 0 aromatic rings. The van der Waals surface area contributed by atoms with Crippen molar-refractivity contribution in [2.24, 2.45) is 23.7 Å². The molecule has 0 aromatic carbocycles. The summed E-state index contributed by atoms with van der Waals surface area (Å²) in [5.41, 5.74) is 0. The minimum atomic E-state index is -0.212. The largest absolute Gasteiger partial charge is 0.351 e. The molecule has 5 nitrogen and oxygen atoms in total. The van der Waals surface area contributed by atoms with Crippen LogP contribution in [0.4, 0.5) is 4.79 Å². The summed E-state index contributed by atoms with van der Waals surface area (Å²) in [5, 5.41) is 8.36. The second-order valence-corrected chi connectivity index (χ2v) is 6.68. The van der Waals surface area contributed by atoms with Crippen LogP contribution in [0.25, 0.3) is 0 Å². The highest BCUT2D eigenvalue weighted by atomic mass is 16.2. The molecular formula is C16H25N3O2. The van der Waals surface area contributed by atoms with Crippen LogP contribution in [0, 0.1) is 23.7 Å². The zero-order chi connectivity index (χ0) is 14.8. The van der Waals surface area contributed by atoms with Gasteiger partial charge in [-0.1, -0.05) is 12.5 Å². The number of hydrogen-bond donors (Lipinski definition) is 3. The van der Waals surface area contributed by atoms with Crippen molar-refractivity contribution in [1.82, 2.24) is 16.0 Å². The van der Waals surface area contributed by atoms with E-state index in [0.717, 1.165) is 24.2 Å². The van der Waals surface area contributed by atoms with Crippen LogP contribution in [-0.2, 0) is 4.79 Å². The molecule has 0 aromatic heterocycles. The summed E-state index contributed by atoms with van der Waals surface area (Å²) in [5.74, 6) is 3.08. The van der Waals surface area contributed by atoms with Gasteiger partial charge in [-0.05, 0) is 49.4 Å². The number of nitrogens with one attached hydrogen (secondary N) is 3. The summed E-state index contributed by atoms with van der Waals surface area (Å²) in [6.07, 6.45) is 8.14. The van der Waals surface area contributed by atoms with E-state index in [2.05, 4.69) is 22.5 Å². The van der Waals surface area contributed by atoms with Gasteiger partial charge in [0.15, 0.2) is 0 Å². The van der Waals surface area contributed by atoms with Crippen LogP contribution in [0.2, 0.25) is 0 Å². The summed E-state index contributed by atoms with van der Waals surface area (Å²) in [6, 6.07) is 0.0986. The number of fused-ring (bicyclic) bond motifs is 5. The van der Waals surface area contributed by atoms with Gasteiger partial charge in [0, 0.05) is 12.6 Å². The van der Waals surface area contributed by atoms with Gasteiger partial charge in [0.25, 0.3) is 0 Å². The van der Waals surface area contributed by atoms with E-state index >= 15 is 0 Å². The van der Waals surface area contributed by atoms with Gasteiger partial charge in [0.1, 0.15) is 0 Å². The van der Waals surface area contributed by atoms with E-state index in [1.165, 1.54) is 25.7 Å². The van der Waals surface area contributed by atoms with Gasteiger partial charge < -0.3 is 16.0 Å². The molecule has 3 aliphatic rings. The molecule has 0 radical (unpaired) electrons. The standard InChI is InChI=1S/C16H25N3O2/c1-2-6-17-15(20)9-18-16(21)19-14-8-10-7-13(14)12-5-3-4-11(10)12/h2,10-14H,1,3-9H2,(H,17,20)(H2,18,19,21)/t10-,11-,12-,13+,14-/m1/s1. The van der Waals surface area contributed by atoms with E-state index in [0.29, 0.717) is 18.5 Å². The fourth-order valence-corrected chi connectivity index (χ4v) is 4.86. The van der Waals surface area contributed by atoms with Crippen LogP contribution < -0.4 is 16.0 Å². The minimum absolute atomic E-state index is 0.0204. The van der Waals surface area contributed by atoms with Crippen molar-refractivity contribution in [2.75, 3.05) is 13.1 Å². The van der Waals surface area contributed by atoms with Gasteiger partial charge in [-0.25, -0.2) is 4.79 Å². The summed E-state index contributed by atoms with van der Waals surface area (Å²) >= 11 is 0. The van der Waals surface area contributed by atoms with Crippen LogP contribution in [-0.4, -0.2) is 31.1 Å². The molecule has 3 rings (SSSR count). The van der Waals surface area contributed by atoms with Crippen molar-refractivity contribution in [3.8, 4) is 0 Å². The van der Waals surface area contributed by atoms with Crippen LogP contribution in [0.15, 0.2) is 12.7 Å². The molecule has 3 aliphatic carbocycles. The third-order valence-electron chi connectivity index (χ3n) is 5.60. The first-order valence-electron chi connectivity index (χ1n) is 8.11. The topological polar surface area (TPSA) is 70.2 Å². The molecule has 3 fully saturated rings. The second kappa shape index (κ2) is 6.08.